The van der Waals surface area contributed by atoms with Gasteiger partial charge in [0.05, 0.1) is 6.33 Å². The van der Waals surface area contributed by atoms with Crippen molar-refractivity contribution >= 4 is 22.4 Å². The van der Waals surface area contributed by atoms with Crippen molar-refractivity contribution in [3.8, 4) is 0 Å². The molecule has 1 fully saturated rings. The largest absolute Gasteiger partial charge is 0.336 e. The molecule has 8 heteroatoms. The summed E-state index contributed by atoms with van der Waals surface area (Å²) in [5.74, 6) is 0. The zero-order valence-corrected chi connectivity index (χ0v) is 12.2. The molecule has 6 nitrogen and oxygen atoms in total. The number of sulfonamides is 1. The number of rotatable bonds is 3. The number of hydrogen-bond acceptors (Lipinski definition) is 4. The molecule has 0 spiro atoms. The SMILES string of the molecule is CCn1cnc(S(=O)(=O)N2CCN[C@H](C)C2)c1.Cl. The van der Waals surface area contributed by atoms with Gasteiger partial charge in [0.1, 0.15) is 0 Å². The smallest absolute Gasteiger partial charge is 0.262 e. The first-order valence-electron chi connectivity index (χ1n) is 5.79. The summed E-state index contributed by atoms with van der Waals surface area (Å²) in [5.41, 5.74) is 0. The molecule has 0 unspecified atom stereocenters. The molecule has 0 amide bonds. The lowest BCUT2D eigenvalue weighted by Crippen LogP contribution is -2.51. The number of nitrogens with one attached hydrogen (secondary N) is 1. The molecule has 0 saturated carbocycles. The molecule has 2 rings (SSSR count). The van der Waals surface area contributed by atoms with Crippen LogP contribution in [0.25, 0.3) is 0 Å². The molecule has 1 saturated heterocycles. The summed E-state index contributed by atoms with van der Waals surface area (Å²) < 4.78 is 27.8. The zero-order chi connectivity index (χ0) is 12.5. The second-order valence-electron chi connectivity index (χ2n) is 4.26. The number of nitrogens with zero attached hydrogens (tertiary/aromatic N) is 3. The zero-order valence-electron chi connectivity index (χ0n) is 10.5. The average molecular weight is 295 g/mol. The van der Waals surface area contributed by atoms with Gasteiger partial charge in [0.25, 0.3) is 10.0 Å². The van der Waals surface area contributed by atoms with Gasteiger partial charge in [-0.3, -0.25) is 0 Å². The Hall–Kier alpha value is -0.630. The van der Waals surface area contributed by atoms with E-state index in [1.807, 2.05) is 13.8 Å². The van der Waals surface area contributed by atoms with Crippen molar-refractivity contribution in [3.05, 3.63) is 12.5 Å². The molecule has 1 aromatic heterocycles. The van der Waals surface area contributed by atoms with Crippen LogP contribution in [0.1, 0.15) is 13.8 Å². The third kappa shape index (κ3) is 3.03. The molecule has 1 aromatic rings. The van der Waals surface area contributed by atoms with E-state index in [2.05, 4.69) is 10.3 Å². The Morgan fingerprint density at radius 1 is 1.56 bits per heavy atom. The average Bonchev–Trinajstić information content (AvgIpc) is 2.78. The van der Waals surface area contributed by atoms with Gasteiger partial charge < -0.3 is 9.88 Å². The maximum atomic E-state index is 12.3. The second-order valence-corrected chi connectivity index (χ2v) is 6.15. The molecule has 0 bridgehead atoms. The van der Waals surface area contributed by atoms with E-state index in [4.69, 9.17) is 0 Å². The Labute approximate surface area is 114 Å². The van der Waals surface area contributed by atoms with E-state index in [9.17, 15) is 8.42 Å². The normalized spacial score (nSPS) is 21.6. The summed E-state index contributed by atoms with van der Waals surface area (Å²) >= 11 is 0. The van der Waals surface area contributed by atoms with Crippen molar-refractivity contribution in [1.29, 1.82) is 0 Å². The van der Waals surface area contributed by atoms with Gasteiger partial charge in [-0.2, -0.15) is 4.31 Å². The van der Waals surface area contributed by atoms with Gasteiger partial charge in [-0.1, -0.05) is 0 Å². The molecule has 1 aliphatic heterocycles. The van der Waals surface area contributed by atoms with Crippen LogP contribution in [0.4, 0.5) is 0 Å². The van der Waals surface area contributed by atoms with Crippen LogP contribution >= 0.6 is 12.4 Å². The Balaban J connectivity index is 0.00000162. The van der Waals surface area contributed by atoms with E-state index in [0.717, 1.165) is 6.54 Å². The van der Waals surface area contributed by atoms with Crippen molar-refractivity contribution in [2.24, 2.45) is 0 Å². The lowest BCUT2D eigenvalue weighted by molar-refractivity contribution is 0.309. The second kappa shape index (κ2) is 6.01. The molecular formula is C10H19ClN4O2S. The highest BCUT2D eigenvalue weighted by atomic mass is 35.5. The van der Waals surface area contributed by atoms with Crippen LogP contribution in [0.15, 0.2) is 17.6 Å². The van der Waals surface area contributed by atoms with Gasteiger partial charge >= 0.3 is 0 Å². The Bertz CT molecular complexity index is 488. The lowest BCUT2D eigenvalue weighted by Gasteiger charge is -2.30. The number of halogens is 1. The van der Waals surface area contributed by atoms with Crippen LogP contribution in [-0.2, 0) is 16.6 Å². The molecule has 2 heterocycles. The van der Waals surface area contributed by atoms with Crippen LogP contribution in [-0.4, -0.2) is 48.0 Å². The maximum Gasteiger partial charge on any atom is 0.262 e. The number of hydrogen-bond donors (Lipinski definition) is 1. The minimum atomic E-state index is -3.42. The van der Waals surface area contributed by atoms with Crippen molar-refractivity contribution in [1.82, 2.24) is 19.2 Å². The van der Waals surface area contributed by atoms with E-state index in [0.29, 0.717) is 19.6 Å². The fourth-order valence-electron chi connectivity index (χ4n) is 1.89. The predicted molar refractivity (Wildman–Crippen MR) is 71.4 cm³/mol. The predicted octanol–water partition coefficient (Wildman–Crippen LogP) is 0.307. The quantitative estimate of drug-likeness (QED) is 0.871. The summed E-state index contributed by atoms with van der Waals surface area (Å²) in [6.45, 7) is 6.35. The highest BCUT2D eigenvalue weighted by Crippen LogP contribution is 2.15. The highest BCUT2D eigenvalue weighted by Gasteiger charge is 2.29. The number of aromatic nitrogens is 2. The molecule has 1 N–H and O–H groups in total. The maximum absolute atomic E-state index is 12.3. The van der Waals surface area contributed by atoms with Crippen molar-refractivity contribution in [3.63, 3.8) is 0 Å². The fraction of sp³-hybridized carbons (Fsp3) is 0.700. The summed E-state index contributed by atoms with van der Waals surface area (Å²) in [7, 11) is -3.42. The first kappa shape index (κ1) is 15.4. The molecule has 1 aliphatic rings. The van der Waals surface area contributed by atoms with Gasteiger partial charge in [-0.05, 0) is 13.8 Å². The van der Waals surface area contributed by atoms with Crippen LogP contribution in [0.2, 0.25) is 0 Å². The van der Waals surface area contributed by atoms with E-state index in [1.54, 1.807) is 17.1 Å². The standard InChI is InChI=1S/C10H18N4O2S.ClH/c1-3-13-7-10(12-8-13)17(15,16)14-5-4-11-9(2)6-14;/h7-9,11H,3-6H2,1-2H3;1H/t9-;/m1./s1. The summed E-state index contributed by atoms with van der Waals surface area (Å²) in [6, 6.07) is 0.187. The van der Waals surface area contributed by atoms with Crippen molar-refractivity contribution in [2.45, 2.75) is 31.5 Å². The van der Waals surface area contributed by atoms with Crippen LogP contribution < -0.4 is 5.32 Å². The number of aryl methyl sites for hydroxylation is 1. The van der Waals surface area contributed by atoms with E-state index < -0.39 is 10.0 Å². The third-order valence-corrected chi connectivity index (χ3v) is 4.66. The third-order valence-electron chi connectivity index (χ3n) is 2.91. The van der Waals surface area contributed by atoms with Gasteiger partial charge in [0.15, 0.2) is 5.03 Å². The summed E-state index contributed by atoms with van der Waals surface area (Å²) in [5, 5.41) is 3.37. The van der Waals surface area contributed by atoms with Gasteiger partial charge in [0.2, 0.25) is 0 Å². The van der Waals surface area contributed by atoms with Gasteiger partial charge in [-0.15, -0.1) is 12.4 Å². The Kier molecular flexibility index (Phi) is 5.15. The molecular weight excluding hydrogens is 276 g/mol. The molecule has 104 valence electrons. The lowest BCUT2D eigenvalue weighted by atomic mass is 10.3. The van der Waals surface area contributed by atoms with Crippen LogP contribution in [0.5, 0.6) is 0 Å². The monoisotopic (exact) mass is 294 g/mol. The highest BCUT2D eigenvalue weighted by molar-refractivity contribution is 7.89. The molecule has 1 atom stereocenters. The minimum absolute atomic E-state index is 0. The van der Waals surface area contributed by atoms with Crippen LogP contribution in [0, 0.1) is 0 Å². The molecule has 0 aliphatic carbocycles. The Morgan fingerprint density at radius 3 is 2.83 bits per heavy atom. The number of imidazole rings is 1. The Morgan fingerprint density at radius 2 is 2.28 bits per heavy atom. The first-order chi connectivity index (χ1) is 8.04. The summed E-state index contributed by atoms with van der Waals surface area (Å²) in [4.78, 5) is 3.97. The minimum Gasteiger partial charge on any atom is -0.336 e. The van der Waals surface area contributed by atoms with E-state index >= 15 is 0 Å². The summed E-state index contributed by atoms with van der Waals surface area (Å²) in [6.07, 6.45) is 3.14. The van der Waals surface area contributed by atoms with Crippen molar-refractivity contribution < 1.29 is 8.42 Å². The molecule has 18 heavy (non-hydrogen) atoms. The van der Waals surface area contributed by atoms with Gasteiger partial charge in [0, 0.05) is 38.4 Å². The number of piperazine rings is 1. The first-order valence-corrected chi connectivity index (χ1v) is 7.23. The van der Waals surface area contributed by atoms with Gasteiger partial charge in [-0.25, -0.2) is 13.4 Å². The van der Waals surface area contributed by atoms with Crippen molar-refractivity contribution in [2.75, 3.05) is 19.6 Å². The molecule has 0 radical (unpaired) electrons. The van der Waals surface area contributed by atoms with E-state index in [-0.39, 0.29) is 23.5 Å². The topological polar surface area (TPSA) is 67.2 Å². The van der Waals surface area contributed by atoms with E-state index in [1.165, 1.54) is 4.31 Å². The van der Waals surface area contributed by atoms with Crippen LogP contribution in [0.3, 0.4) is 0 Å². The fourth-order valence-corrected chi connectivity index (χ4v) is 3.36. The molecule has 0 aromatic carbocycles.